The predicted molar refractivity (Wildman–Crippen MR) is 211 cm³/mol. The molecule has 10 heteroatoms. The molecule has 0 bridgehead atoms. The Balaban J connectivity index is 1.24. The molecule has 0 aliphatic heterocycles. The lowest BCUT2D eigenvalue weighted by Gasteiger charge is -2.18. The number of carbonyl (C=O) groups is 3. The Bertz CT molecular complexity index is 2230. The van der Waals surface area contributed by atoms with Crippen LogP contribution in [0.2, 0.25) is 0 Å². The smallest absolute Gasteiger partial charge is 0.272 e. The zero-order valence-corrected chi connectivity index (χ0v) is 30.1. The Morgan fingerprint density at radius 2 is 1.28 bits per heavy atom. The first-order chi connectivity index (χ1) is 25.9. The summed E-state index contributed by atoms with van der Waals surface area (Å²) in [5.74, 6) is -0.00416. The Morgan fingerprint density at radius 3 is 1.94 bits per heavy atom. The highest BCUT2D eigenvalue weighted by Crippen LogP contribution is 2.39. The Labute approximate surface area is 312 Å². The molecule has 0 aliphatic carbocycles. The summed E-state index contributed by atoms with van der Waals surface area (Å²) in [5, 5.41) is 10.2. The van der Waals surface area contributed by atoms with Crippen molar-refractivity contribution in [2.75, 3.05) is 32.0 Å². The summed E-state index contributed by atoms with van der Waals surface area (Å²) in [4.78, 5) is 41.7. The zero-order valence-electron chi connectivity index (χ0n) is 29.3. The fourth-order valence-corrected chi connectivity index (χ4v) is 6.70. The van der Waals surface area contributed by atoms with Gasteiger partial charge in [0.25, 0.3) is 11.8 Å². The van der Waals surface area contributed by atoms with Gasteiger partial charge in [-0.2, -0.15) is 0 Å². The Kier molecular flexibility index (Phi) is 11.7. The van der Waals surface area contributed by atoms with Crippen molar-refractivity contribution in [3.8, 4) is 17.2 Å². The minimum Gasteiger partial charge on any atom is -0.493 e. The van der Waals surface area contributed by atoms with Gasteiger partial charge >= 0.3 is 0 Å². The molecule has 6 aromatic carbocycles. The van der Waals surface area contributed by atoms with Crippen LogP contribution in [0.1, 0.15) is 26.7 Å². The van der Waals surface area contributed by atoms with Gasteiger partial charge in [-0.1, -0.05) is 84.9 Å². The van der Waals surface area contributed by atoms with Crippen molar-refractivity contribution in [1.82, 2.24) is 5.32 Å². The quantitative estimate of drug-likeness (QED) is 0.0807. The largest absolute Gasteiger partial charge is 0.493 e. The molecule has 0 aliphatic rings. The molecule has 1 atom stereocenters. The van der Waals surface area contributed by atoms with E-state index in [0.29, 0.717) is 34.1 Å². The number of hydrogen-bond donors (Lipinski definition) is 3. The molecule has 0 spiro atoms. The molecule has 3 N–H and O–H groups in total. The second-order valence-electron chi connectivity index (χ2n) is 11.7. The number of benzene rings is 6. The summed E-state index contributed by atoms with van der Waals surface area (Å²) in [6.07, 6.45) is 1.53. The van der Waals surface area contributed by atoms with Gasteiger partial charge in [0.2, 0.25) is 11.7 Å². The number of methoxy groups -OCH3 is 3. The van der Waals surface area contributed by atoms with E-state index in [9.17, 15) is 14.4 Å². The lowest BCUT2D eigenvalue weighted by Crippen LogP contribution is -2.30. The molecule has 6 rings (SSSR count). The summed E-state index contributed by atoms with van der Waals surface area (Å²) >= 11 is 1.40. The summed E-state index contributed by atoms with van der Waals surface area (Å²) in [6, 6.07) is 42.5. The number of thioether (sulfide) groups is 1. The van der Waals surface area contributed by atoms with Crippen LogP contribution in [0.4, 0.5) is 11.4 Å². The van der Waals surface area contributed by atoms with E-state index >= 15 is 0 Å². The SMILES string of the molecule is COc1cc(/C=C(\NC(=O)c2ccccc2)C(=O)Nc2ccc(SC(C(=O)Nc3cccc4ccccc34)c3ccccc3)cc2)cc(OC)c1OC. The molecule has 53 heavy (non-hydrogen) atoms. The van der Waals surface area contributed by atoms with Crippen molar-refractivity contribution in [2.45, 2.75) is 10.1 Å². The van der Waals surface area contributed by atoms with E-state index in [1.54, 1.807) is 54.6 Å². The zero-order chi connectivity index (χ0) is 37.2. The summed E-state index contributed by atoms with van der Waals surface area (Å²) in [5.41, 5.74) is 2.97. The van der Waals surface area contributed by atoms with Crippen LogP contribution in [0.25, 0.3) is 16.8 Å². The van der Waals surface area contributed by atoms with E-state index in [-0.39, 0.29) is 11.6 Å². The van der Waals surface area contributed by atoms with Gasteiger partial charge in [-0.25, -0.2) is 0 Å². The van der Waals surface area contributed by atoms with Gasteiger partial charge in [0, 0.05) is 27.2 Å². The lowest BCUT2D eigenvalue weighted by molar-refractivity contribution is -0.116. The van der Waals surface area contributed by atoms with Crippen molar-refractivity contribution < 1.29 is 28.6 Å². The maximum Gasteiger partial charge on any atom is 0.272 e. The third-order valence-corrected chi connectivity index (χ3v) is 9.55. The number of amides is 3. The number of rotatable bonds is 13. The van der Waals surface area contributed by atoms with E-state index in [4.69, 9.17) is 14.2 Å². The molecular formula is C43H37N3O6S. The van der Waals surface area contributed by atoms with Crippen LogP contribution in [0.15, 0.2) is 150 Å². The van der Waals surface area contributed by atoms with Gasteiger partial charge in [0.05, 0.1) is 21.3 Å². The highest BCUT2D eigenvalue weighted by molar-refractivity contribution is 8.00. The molecule has 6 aromatic rings. The Morgan fingerprint density at radius 1 is 0.660 bits per heavy atom. The maximum atomic E-state index is 13.9. The minimum atomic E-state index is -0.558. The van der Waals surface area contributed by atoms with Crippen molar-refractivity contribution in [3.05, 3.63) is 162 Å². The van der Waals surface area contributed by atoms with Crippen molar-refractivity contribution in [2.24, 2.45) is 0 Å². The number of hydrogen-bond acceptors (Lipinski definition) is 7. The predicted octanol–water partition coefficient (Wildman–Crippen LogP) is 8.75. The van der Waals surface area contributed by atoms with E-state index < -0.39 is 17.1 Å². The number of carbonyl (C=O) groups excluding carboxylic acids is 3. The summed E-state index contributed by atoms with van der Waals surface area (Å²) < 4.78 is 16.4. The molecule has 0 fully saturated rings. The topological polar surface area (TPSA) is 115 Å². The van der Waals surface area contributed by atoms with Crippen molar-refractivity contribution >= 4 is 57.7 Å². The minimum absolute atomic E-state index is 0.0131. The van der Waals surface area contributed by atoms with Crippen molar-refractivity contribution in [1.29, 1.82) is 0 Å². The first kappa shape index (κ1) is 36.3. The van der Waals surface area contributed by atoms with Gasteiger partial charge in [-0.3, -0.25) is 14.4 Å². The lowest BCUT2D eigenvalue weighted by atomic mass is 10.1. The molecule has 3 amide bonds. The third kappa shape index (κ3) is 8.87. The molecular weight excluding hydrogens is 687 g/mol. The van der Waals surface area contributed by atoms with Crippen LogP contribution >= 0.6 is 11.8 Å². The van der Waals surface area contributed by atoms with Gasteiger partial charge in [0.1, 0.15) is 10.9 Å². The van der Waals surface area contributed by atoms with Crippen LogP contribution in [0.5, 0.6) is 17.2 Å². The normalized spacial score (nSPS) is 11.6. The van der Waals surface area contributed by atoms with Crippen LogP contribution in [0.3, 0.4) is 0 Å². The molecule has 1 unspecified atom stereocenters. The monoisotopic (exact) mass is 723 g/mol. The van der Waals surface area contributed by atoms with Gasteiger partial charge in [-0.15, -0.1) is 11.8 Å². The molecule has 0 heterocycles. The van der Waals surface area contributed by atoms with Crippen LogP contribution in [-0.2, 0) is 9.59 Å². The standard InChI is InChI=1S/C43H37N3O6S/c1-50-37-26-28(27-38(51-2)39(37)52-3)25-36(46-41(47)31-16-8-5-9-17-31)42(48)44-32-21-23-33(24-22-32)53-40(30-14-6-4-7-15-30)43(49)45-35-20-12-18-29-13-10-11-19-34(29)35/h4-27,40H,1-3H3,(H,44,48)(H,45,49)(H,46,47)/b36-25-. The molecule has 266 valence electrons. The fourth-order valence-electron chi connectivity index (χ4n) is 5.68. The number of nitrogens with one attached hydrogen (secondary N) is 3. The second-order valence-corrected chi connectivity index (χ2v) is 12.9. The van der Waals surface area contributed by atoms with Crippen LogP contribution < -0.4 is 30.2 Å². The van der Waals surface area contributed by atoms with Gasteiger partial charge in [-0.05, 0) is 77.2 Å². The fraction of sp³-hybridized carbons (Fsp3) is 0.0930. The van der Waals surface area contributed by atoms with E-state index in [2.05, 4.69) is 16.0 Å². The molecule has 0 radical (unpaired) electrons. The summed E-state index contributed by atoms with van der Waals surface area (Å²) in [6.45, 7) is 0. The first-order valence-electron chi connectivity index (χ1n) is 16.7. The van der Waals surface area contributed by atoms with Crippen molar-refractivity contribution in [3.63, 3.8) is 0 Å². The second kappa shape index (κ2) is 17.1. The van der Waals surface area contributed by atoms with Gasteiger partial charge < -0.3 is 30.2 Å². The highest BCUT2D eigenvalue weighted by atomic mass is 32.2. The number of anilines is 2. The molecule has 0 aromatic heterocycles. The van der Waals surface area contributed by atoms with Crippen LogP contribution in [0, 0.1) is 0 Å². The van der Waals surface area contributed by atoms with E-state index in [1.807, 2.05) is 84.9 Å². The van der Waals surface area contributed by atoms with Gasteiger partial charge in [0.15, 0.2) is 11.5 Å². The van der Waals surface area contributed by atoms with E-state index in [0.717, 1.165) is 26.9 Å². The molecule has 0 saturated heterocycles. The molecule has 9 nitrogen and oxygen atoms in total. The van der Waals surface area contributed by atoms with E-state index in [1.165, 1.54) is 39.2 Å². The Hall–Kier alpha value is -6.52. The number of ether oxygens (including phenoxy) is 3. The summed E-state index contributed by atoms with van der Waals surface area (Å²) in [7, 11) is 4.50. The first-order valence-corrected chi connectivity index (χ1v) is 17.5. The third-order valence-electron chi connectivity index (χ3n) is 8.28. The maximum absolute atomic E-state index is 13.9. The average molecular weight is 724 g/mol. The van der Waals surface area contributed by atoms with Crippen LogP contribution in [-0.4, -0.2) is 39.1 Å². The highest BCUT2D eigenvalue weighted by Gasteiger charge is 2.23. The number of fused-ring (bicyclic) bond motifs is 1. The molecule has 0 saturated carbocycles. The average Bonchev–Trinajstić information content (AvgIpc) is 3.20.